The standard InChI is InChI=1S/C32H37F3N4O6S/c1-20-5-12-27(13-6-20)46(43,44)37-26-11-14-28-23(15-26)16-30(41)39(22(3)19-40)17-21(2)29(45-28)18-38(4)31(42)36-25-9-7-24(8-10-25)32(33,34)35/h5-15,21-22,29,37,40H,16-19H2,1-4H3,(H,36,42)/t21-,22-,29+/m0/s1. The van der Waals surface area contributed by atoms with Crippen molar-refractivity contribution in [3.63, 3.8) is 0 Å². The normalized spacial score (nSPS) is 17.9. The first kappa shape index (κ1) is 34.6. The fourth-order valence-electron chi connectivity index (χ4n) is 4.96. The van der Waals surface area contributed by atoms with E-state index in [1.54, 1.807) is 25.1 Å². The molecular weight excluding hydrogens is 625 g/mol. The lowest BCUT2D eigenvalue weighted by molar-refractivity contribution is -0.137. The quantitative estimate of drug-likeness (QED) is 0.307. The number of alkyl halides is 3. The number of carbonyl (C=O) groups excluding carboxylic acids is 2. The molecule has 248 valence electrons. The number of ether oxygens (including phenoxy) is 1. The Hall–Kier alpha value is -4.30. The third kappa shape index (κ3) is 8.49. The number of halogens is 3. The van der Waals surface area contributed by atoms with Gasteiger partial charge in [-0.05, 0) is 68.4 Å². The molecule has 3 amide bonds. The van der Waals surface area contributed by atoms with Gasteiger partial charge in [0.05, 0.1) is 36.1 Å². The Morgan fingerprint density at radius 2 is 1.72 bits per heavy atom. The predicted octanol–water partition coefficient (Wildman–Crippen LogP) is 5.13. The molecule has 0 radical (unpaired) electrons. The molecule has 4 rings (SSSR count). The average molecular weight is 663 g/mol. The van der Waals surface area contributed by atoms with Crippen molar-refractivity contribution in [3.8, 4) is 5.75 Å². The molecule has 3 N–H and O–H groups in total. The van der Waals surface area contributed by atoms with Gasteiger partial charge < -0.3 is 25.0 Å². The minimum absolute atomic E-state index is 0.0322. The van der Waals surface area contributed by atoms with E-state index in [0.717, 1.165) is 29.8 Å². The summed E-state index contributed by atoms with van der Waals surface area (Å²) in [7, 11) is -2.42. The maximum absolute atomic E-state index is 13.5. The van der Waals surface area contributed by atoms with Crippen LogP contribution in [0.2, 0.25) is 0 Å². The van der Waals surface area contributed by atoms with Crippen molar-refractivity contribution in [3.05, 3.63) is 83.4 Å². The largest absolute Gasteiger partial charge is 0.488 e. The summed E-state index contributed by atoms with van der Waals surface area (Å²) in [6.45, 7) is 5.32. The first-order valence-corrected chi connectivity index (χ1v) is 16.0. The third-order valence-electron chi connectivity index (χ3n) is 7.76. The highest BCUT2D eigenvalue weighted by Gasteiger charge is 2.33. The number of likely N-dealkylation sites (N-methyl/N-ethyl adjacent to an activating group) is 1. The Balaban J connectivity index is 1.58. The Kier molecular flexibility index (Phi) is 10.5. The van der Waals surface area contributed by atoms with E-state index in [4.69, 9.17) is 4.74 Å². The van der Waals surface area contributed by atoms with Gasteiger partial charge in [-0.3, -0.25) is 9.52 Å². The lowest BCUT2D eigenvalue weighted by atomic mass is 10.0. The van der Waals surface area contributed by atoms with Crippen LogP contribution < -0.4 is 14.8 Å². The van der Waals surface area contributed by atoms with Gasteiger partial charge in [-0.15, -0.1) is 0 Å². The molecule has 0 spiro atoms. The molecule has 46 heavy (non-hydrogen) atoms. The summed E-state index contributed by atoms with van der Waals surface area (Å²) in [5.74, 6) is -0.325. The maximum Gasteiger partial charge on any atom is 0.416 e. The first-order chi connectivity index (χ1) is 21.6. The van der Waals surface area contributed by atoms with Crippen LogP contribution in [0.5, 0.6) is 5.75 Å². The number of nitrogens with zero attached hydrogens (tertiary/aromatic N) is 2. The molecule has 0 bridgehead atoms. The van der Waals surface area contributed by atoms with Crippen LogP contribution in [0, 0.1) is 12.8 Å². The van der Waals surface area contributed by atoms with Crippen molar-refractivity contribution in [1.82, 2.24) is 9.80 Å². The van der Waals surface area contributed by atoms with Crippen molar-refractivity contribution >= 4 is 33.3 Å². The number of anilines is 2. The molecule has 0 saturated heterocycles. The summed E-state index contributed by atoms with van der Waals surface area (Å²) in [6, 6.07) is 13.9. The van der Waals surface area contributed by atoms with Crippen molar-refractivity contribution in [2.45, 2.75) is 50.4 Å². The average Bonchev–Trinajstić information content (AvgIpc) is 3.04. The Morgan fingerprint density at radius 1 is 1.09 bits per heavy atom. The molecule has 0 aromatic heterocycles. The second-order valence-corrected chi connectivity index (χ2v) is 13.2. The van der Waals surface area contributed by atoms with Gasteiger partial charge in [-0.1, -0.05) is 24.6 Å². The van der Waals surface area contributed by atoms with Crippen LogP contribution >= 0.6 is 0 Å². The Morgan fingerprint density at radius 3 is 2.33 bits per heavy atom. The molecule has 0 aliphatic carbocycles. The first-order valence-electron chi connectivity index (χ1n) is 14.6. The predicted molar refractivity (Wildman–Crippen MR) is 167 cm³/mol. The number of hydrogen-bond acceptors (Lipinski definition) is 6. The number of nitrogens with one attached hydrogen (secondary N) is 2. The summed E-state index contributed by atoms with van der Waals surface area (Å²) < 4.78 is 73.8. The summed E-state index contributed by atoms with van der Waals surface area (Å²) in [5, 5.41) is 12.5. The van der Waals surface area contributed by atoms with Gasteiger partial charge in [0.1, 0.15) is 11.9 Å². The number of fused-ring (bicyclic) bond motifs is 1. The molecule has 1 aliphatic rings. The lowest BCUT2D eigenvalue weighted by Crippen LogP contribution is -2.48. The molecule has 0 fully saturated rings. The van der Waals surface area contributed by atoms with Crippen LogP contribution in [0.3, 0.4) is 0 Å². The number of benzene rings is 3. The number of rotatable bonds is 8. The molecule has 3 atom stereocenters. The fraction of sp³-hybridized carbons (Fsp3) is 0.375. The summed E-state index contributed by atoms with van der Waals surface area (Å²) in [4.78, 5) is 29.4. The van der Waals surface area contributed by atoms with Crippen LogP contribution in [0.1, 0.15) is 30.5 Å². The minimum Gasteiger partial charge on any atom is -0.488 e. The van der Waals surface area contributed by atoms with E-state index in [0.29, 0.717) is 11.3 Å². The summed E-state index contributed by atoms with van der Waals surface area (Å²) in [6.07, 6.45) is -5.31. The zero-order valence-electron chi connectivity index (χ0n) is 25.8. The number of aryl methyl sites for hydroxylation is 1. The number of aliphatic hydroxyl groups excluding tert-OH is 1. The third-order valence-corrected chi connectivity index (χ3v) is 9.16. The van der Waals surface area contributed by atoms with E-state index in [-0.39, 0.29) is 54.2 Å². The van der Waals surface area contributed by atoms with Crippen molar-refractivity contribution in [2.75, 3.05) is 36.8 Å². The van der Waals surface area contributed by atoms with Crippen LogP contribution in [0.15, 0.2) is 71.6 Å². The van der Waals surface area contributed by atoms with E-state index in [1.807, 2.05) is 13.8 Å². The number of sulfonamides is 1. The van der Waals surface area contributed by atoms with Crippen molar-refractivity contribution in [1.29, 1.82) is 0 Å². The van der Waals surface area contributed by atoms with E-state index in [9.17, 15) is 36.3 Å². The van der Waals surface area contributed by atoms with Crippen LogP contribution in [0.4, 0.5) is 29.3 Å². The molecule has 1 heterocycles. The molecule has 3 aromatic carbocycles. The van der Waals surface area contributed by atoms with Gasteiger partial charge in [-0.25, -0.2) is 13.2 Å². The van der Waals surface area contributed by atoms with E-state index < -0.39 is 39.9 Å². The van der Waals surface area contributed by atoms with Gasteiger partial charge >= 0.3 is 12.2 Å². The Labute approximate surface area is 266 Å². The van der Waals surface area contributed by atoms with Gasteiger partial charge in [-0.2, -0.15) is 13.2 Å². The van der Waals surface area contributed by atoms with Gasteiger partial charge in [0.25, 0.3) is 10.0 Å². The number of aliphatic hydroxyl groups is 1. The zero-order chi connectivity index (χ0) is 33.8. The van der Waals surface area contributed by atoms with Gasteiger partial charge in [0.2, 0.25) is 5.91 Å². The van der Waals surface area contributed by atoms with Crippen molar-refractivity contribution < 1.29 is 41.0 Å². The van der Waals surface area contributed by atoms with Crippen molar-refractivity contribution in [2.24, 2.45) is 5.92 Å². The maximum atomic E-state index is 13.5. The zero-order valence-corrected chi connectivity index (χ0v) is 26.7. The SMILES string of the molecule is Cc1ccc(S(=O)(=O)Nc2ccc3c(c2)CC(=O)N([C@@H](C)CO)C[C@H](C)[C@@H](CN(C)C(=O)Nc2ccc(C(F)(F)F)cc2)O3)cc1. The number of carbonyl (C=O) groups is 2. The summed E-state index contributed by atoms with van der Waals surface area (Å²) in [5.41, 5.74) is 0.856. The monoisotopic (exact) mass is 662 g/mol. The van der Waals surface area contributed by atoms with Crippen LogP contribution in [-0.4, -0.2) is 74.2 Å². The molecule has 3 aromatic rings. The number of urea groups is 1. The van der Waals surface area contributed by atoms with Gasteiger partial charge in [0.15, 0.2) is 0 Å². The topological polar surface area (TPSA) is 128 Å². The minimum atomic E-state index is -4.50. The van der Waals surface area contributed by atoms with Crippen LogP contribution in [-0.2, 0) is 27.4 Å². The molecular formula is C32H37F3N4O6S. The molecule has 1 aliphatic heterocycles. The smallest absolute Gasteiger partial charge is 0.416 e. The van der Waals surface area contributed by atoms with Crippen LogP contribution in [0.25, 0.3) is 0 Å². The molecule has 10 nitrogen and oxygen atoms in total. The van der Waals surface area contributed by atoms with Gasteiger partial charge in [0, 0.05) is 36.4 Å². The lowest BCUT2D eigenvalue weighted by Gasteiger charge is -2.34. The molecule has 0 saturated carbocycles. The summed E-state index contributed by atoms with van der Waals surface area (Å²) >= 11 is 0. The highest BCUT2D eigenvalue weighted by Crippen LogP contribution is 2.31. The van der Waals surface area contributed by atoms with E-state index >= 15 is 0 Å². The van der Waals surface area contributed by atoms with E-state index in [2.05, 4.69) is 10.0 Å². The highest BCUT2D eigenvalue weighted by molar-refractivity contribution is 7.92. The highest BCUT2D eigenvalue weighted by atomic mass is 32.2. The number of amides is 3. The number of hydrogen-bond donors (Lipinski definition) is 3. The molecule has 14 heteroatoms. The molecule has 0 unspecified atom stereocenters. The van der Waals surface area contributed by atoms with E-state index in [1.165, 1.54) is 41.1 Å². The second-order valence-electron chi connectivity index (χ2n) is 11.5. The Bertz CT molecular complexity index is 1650. The fourth-order valence-corrected chi connectivity index (χ4v) is 6.01. The second kappa shape index (κ2) is 14.0.